The molecule has 0 aliphatic rings. The summed E-state index contributed by atoms with van der Waals surface area (Å²) in [6.07, 6.45) is 3.44. The summed E-state index contributed by atoms with van der Waals surface area (Å²) in [6, 6.07) is 1.72. The van der Waals surface area contributed by atoms with Gasteiger partial charge in [-0.05, 0) is 18.4 Å². The molecular weight excluding hydrogens is 244 g/mol. The van der Waals surface area contributed by atoms with Gasteiger partial charge in [-0.2, -0.15) is 0 Å². The van der Waals surface area contributed by atoms with Crippen LogP contribution in [0.15, 0.2) is 18.5 Å². The zero-order chi connectivity index (χ0) is 14.3. The molecule has 0 saturated carbocycles. The maximum Gasteiger partial charge on any atom is 0.239 e. The Morgan fingerprint density at radius 2 is 2.05 bits per heavy atom. The van der Waals surface area contributed by atoms with Crippen LogP contribution in [-0.2, 0) is 4.79 Å². The third-order valence-corrected chi connectivity index (χ3v) is 2.55. The van der Waals surface area contributed by atoms with Crippen LogP contribution in [0.1, 0.15) is 20.3 Å². The van der Waals surface area contributed by atoms with Gasteiger partial charge in [0.1, 0.15) is 0 Å². The molecule has 0 aliphatic heterocycles. The summed E-state index contributed by atoms with van der Waals surface area (Å²) < 4.78 is 0. The predicted molar refractivity (Wildman–Crippen MR) is 73.8 cm³/mol. The quantitative estimate of drug-likeness (QED) is 0.748. The molecule has 1 atom stereocenters. The van der Waals surface area contributed by atoms with Crippen molar-refractivity contribution in [3.8, 4) is 0 Å². The number of hydrogen-bond acceptors (Lipinski definition) is 5. The Bertz CT molecular complexity index is 383. The molecule has 0 radical (unpaired) electrons. The molecular formula is C13H22N4O2. The number of aliphatic hydroxyl groups is 1. The fourth-order valence-corrected chi connectivity index (χ4v) is 1.69. The molecule has 0 spiro atoms. The minimum absolute atomic E-state index is 0.155. The predicted octanol–water partition coefficient (Wildman–Crippen LogP) is 0.436. The molecule has 2 N–H and O–H groups in total. The highest BCUT2D eigenvalue weighted by molar-refractivity contribution is 5.80. The topological polar surface area (TPSA) is 78.4 Å². The van der Waals surface area contributed by atoms with Gasteiger partial charge in [0.15, 0.2) is 0 Å². The van der Waals surface area contributed by atoms with Crippen LogP contribution in [0.25, 0.3) is 0 Å². The van der Waals surface area contributed by atoms with E-state index in [1.54, 1.807) is 30.4 Å². The monoisotopic (exact) mass is 266 g/mol. The second kappa shape index (κ2) is 7.68. The molecule has 1 aromatic heterocycles. The summed E-state index contributed by atoms with van der Waals surface area (Å²) in [6.45, 7) is 4.51. The van der Waals surface area contributed by atoms with Crippen molar-refractivity contribution in [3.05, 3.63) is 18.5 Å². The van der Waals surface area contributed by atoms with E-state index in [9.17, 15) is 9.90 Å². The van der Waals surface area contributed by atoms with Gasteiger partial charge in [-0.1, -0.05) is 13.8 Å². The lowest BCUT2D eigenvalue weighted by Gasteiger charge is -2.18. The highest BCUT2D eigenvalue weighted by atomic mass is 16.3. The zero-order valence-electron chi connectivity index (χ0n) is 11.7. The number of nitrogens with one attached hydrogen (secondary N) is 1. The van der Waals surface area contributed by atoms with E-state index in [4.69, 9.17) is 0 Å². The van der Waals surface area contributed by atoms with E-state index in [0.29, 0.717) is 18.3 Å². The first-order valence-corrected chi connectivity index (χ1v) is 6.42. The van der Waals surface area contributed by atoms with Crippen molar-refractivity contribution in [2.75, 3.05) is 25.0 Å². The van der Waals surface area contributed by atoms with Crippen LogP contribution in [0.4, 0.5) is 5.95 Å². The van der Waals surface area contributed by atoms with Crippen molar-refractivity contribution in [2.45, 2.75) is 26.4 Å². The van der Waals surface area contributed by atoms with Gasteiger partial charge >= 0.3 is 0 Å². The molecule has 19 heavy (non-hydrogen) atoms. The summed E-state index contributed by atoms with van der Waals surface area (Å²) in [4.78, 5) is 21.5. The largest absolute Gasteiger partial charge is 0.391 e. The number of carbonyl (C=O) groups excluding carboxylic acids is 1. The van der Waals surface area contributed by atoms with Crippen LogP contribution in [-0.4, -0.2) is 47.2 Å². The number of rotatable bonds is 7. The molecule has 1 rings (SSSR count). The number of anilines is 1. The molecule has 1 heterocycles. The fourth-order valence-electron chi connectivity index (χ4n) is 1.69. The van der Waals surface area contributed by atoms with Gasteiger partial charge < -0.3 is 15.3 Å². The second-order valence-corrected chi connectivity index (χ2v) is 4.99. The minimum atomic E-state index is -0.498. The van der Waals surface area contributed by atoms with Gasteiger partial charge in [-0.25, -0.2) is 9.97 Å². The fraction of sp³-hybridized carbons (Fsp3) is 0.615. The van der Waals surface area contributed by atoms with Gasteiger partial charge in [-0.15, -0.1) is 0 Å². The molecule has 0 aromatic carbocycles. The van der Waals surface area contributed by atoms with Gasteiger partial charge in [0.2, 0.25) is 11.9 Å². The number of aliphatic hydroxyl groups excluding tert-OH is 1. The van der Waals surface area contributed by atoms with Gasteiger partial charge in [0.05, 0.1) is 12.6 Å². The summed E-state index contributed by atoms with van der Waals surface area (Å²) in [5.74, 6) is 0.755. The first kappa shape index (κ1) is 15.4. The summed E-state index contributed by atoms with van der Waals surface area (Å²) in [5.41, 5.74) is 0. The normalized spacial score (nSPS) is 12.3. The van der Waals surface area contributed by atoms with Crippen molar-refractivity contribution in [1.29, 1.82) is 0 Å². The second-order valence-electron chi connectivity index (χ2n) is 4.99. The van der Waals surface area contributed by atoms with E-state index in [1.165, 1.54) is 0 Å². The van der Waals surface area contributed by atoms with E-state index in [0.717, 1.165) is 0 Å². The van der Waals surface area contributed by atoms with Crippen LogP contribution >= 0.6 is 0 Å². The smallest absolute Gasteiger partial charge is 0.239 e. The van der Waals surface area contributed by atoms with E-state index < -0.39 is 6.10 Å². The Kier molecular flexibility index (Phi) is 6.21. The molecule has 0 saturated heterocycles. The third kappa shape index (κ3) is 6.15. The molecule has 0 bridgehead atoms. The number of aromatic nitrogens is 2. The highest BCUT2D eigenvalue weighted by Gasteiger charge is 2.11. The Morgan fingerprint density at radius 3 is 2.63 bits per heavy atom. The number of likely N-dealkylation sites (N-methyl/N-ethyl adjacent to an activating group) is 1. The lowest BCUT2D eigenvalue weighted by Crippen LogP contribution is -2.39. The maximum absolute atomic E-state index is 11.7. The SMILES string of the molecule is CC(C)CC(O)CNC(=O)CN(C)c1ncccn1. The van der Waals surface area contributed by atoms with Gasteiger partial charge in [-0.3, -0.25) is 4.79 Å². The van der Waals surface area contributed by atoms with Crippen molar-refractivity contribution in [1.82, 2.24) is 15.3 Å². The lowest BCUT2D eigenvalue weighted by molar-refractivity contribution is -0.120. The third-order valence-electron chi connectivity index (χ3n) is 2.55. The molecule has 0 aliphatic carbocycles. The number of hydrogen-bond donors (Lipinski definition) is 2. The van der Waals surface area contributed by atoms with Crippen LogP contribution in [0, 0.1) is 5.92 Å². The summed E-state index contributed by atoms with van der Waals surface area (Å²) in [7, 11) is 1.75. The van der Waals surface area contributed by atoms with Crippen LogP contribution < -0.4 is 10.2 Å². The van der Waals surface area contributed by atoms with Crippen molar-refractivity contribution < 1.29 is 9.90 Å². The molecule has 1 amide bonds. The number of nitrogens with zero attached hydrogens (tertiary/aromatic N) is 3. The van der Waals surface area contributed by atoms with Gasteiger partial charge in [0, 0.05) is 26.0 Å². The molecule has 0 fully saturated rings. The maximum atomic E-state index is 11.7. The van der Waals surface area contributed by atoms with Crippen LogP contribution in [0.3, 0.4) is 0 Å². The molecule has 6 heteroatoms. The van der Waals surface area contributed by atoms with E-state index in [2.05, 4.69) is 15.3 Å². The highest BCUT2D eigenvalue weighted by Crippen LogP contribution is 2.03. The minimum Gasteiger partial charge on any atom is -0.391 e. The van der Waals surface area contributed by atoms with E-state index in [-0.39, 0.29) is 19.0 Å². The molecule has 6 nitrogen and oxygen atoms in total. The first-order valence-electron chi connectivity index (χ1n) is 6.42. The lowest BCUT2D eigenvalue weighted by atomic mass is 10.1. The van der Waals surface area contributed by atoms with E-state index in [1.807, 2.05) is 13.8 Å². The summed E-state index contributed by atoms with van der Waals surface area (Å²) in [5, 5.41) is 12.4. The van der Waals surface area contributed by atoms with Crippen LogP contribution in [0.5, 0.6) is 0 Å². The zero-order valence-corrected chi connectivity index (χ0v) is 11.7. The summed E-state index contributed by atoms with van der Waals surface area (Å²) >= 11 is 0. The Balaban J connectivity index is 2.31. The van der Waals surface area contributed by atoms with Gasteiger partial charge in [0.25, 0.3) is 0 Å². The average Bonchev–Trinajstić information content (AvgIpc) is 2.36. The van der Waals surface area contributed by atoms with E-state index >= 15 is 0 Å². The van der Waals surface area contributed by atoms with Crippen LogP contribution in [0.2, 0.25) is 0 Å². The number of carbonyl (C=O) groups is 1. The average molecular weight is 266 g/mol. The molecule has 1 aromatic rings. The standard InChI is InChI=1S/C13H22N4O2/c1-10(2)7-11(18)8-16-12(19)9-17(3)13-14-5-4-6-15-13/h4-6,10-11,18H,7-9H2,1-3H3,(H,16,19). The Labute approximate surface area is 113 Å². The Morgan fingerprint density at radius 1 is 1.42 bits per heavy atom. The van der Waals surface area contributed by atoms with Crippen molar-refractivity contribution in [2.24, 2.45) is 5.92 Å². The number of amides is 1. The molecule has 106 valence electrons. The van der Waals surface area contributed by atoms with Crippen molar-refractivity contribution >= 4 is 11.9 Å². The first-order chi connectivity index (χ1) is 8.99. The Hall–Kier alpha value is -1.69. The molecule has 1 unspecified atom stereocenters. The van der Waals surface area contributed by atoms with Crippen molar-refractivity contribution in [3.63, 3.8) is 0 Å².